The Morgan fingerprint density at radius 1 is 1.22 bits per heavy atom. The molecule has 0 N–H and O–H groups in total. The van der Waals surface area contributed by atoms with E-state index in [-0.39, 0.29) is 11.2 Å². The van der Waals surface area contributed by atoms with Crippen LogP contribution in [-0.2, 0) is 16.4 Å². The molecule has 27 heavy (non-hydrogen) atoms. The maximum atomic E-state index is 13.1. The topological polar surface area (TPSA) is 63.2 Å². The van der Waals surface area contributed by atoms with Crippen molar-refractivity contribution in [2.45, 2.75) is 29.5 Å². The third-order valence-corrected chi connectivity index (χ3v) is 8.84. The number of benzene rings is 1. The molecule has 5 rings (SSSR count). The van der Waals surface area contributed by atoms with Crippen molar-refractivity contribution < 1.29 is 8.42 Å². The van der Waals surface area contributed by atoms with Gasteiger partial charge in [0.25, 0.3) is 0 Å². The first kappa shape index (κ1) is 17.0. The van der Waals surface area contributed by atoms with Crippen LogP contribution in [0.1, 0.15) is 22.1 Å². The molecule has 0 aliphatic carbocycles. The number of aromatic nitrogens is 2. The second kappa shape index (κ2) is 6.22. The van der Waals surface area contributed by atoms with Crippen molar-refractivity contribution in [1.29, 1.82) is 0 Å². The predicted octanol–water partition coefficient (Wildman–Crippen LogP) is 3.27. The Balaban J connectivity index is 1.50. The minimum Gasteiger partial charge on any atom is -0.296 e. The molecule has 7 heteroatoms. The molecule has 0 spiro atoms. The van der Waals surface area contributed by atoms with Crippen LogP contribution in [0.5, 0.6) is 0 Å². The summed E-state index contributed by atoms with van der Waals surface area (Å²) < 4.78 is 26.2. The fraction of sp³-hybridized carbons (Fsp3) is 0.300. The van der Waals surface area contributed by atoms with E-state index in [1.807, 2.05) is 36.8 Å². The first-order valence-corrected chi connectivity index (χ1v) is 11.4. The molecule has 5 nitrogen and oxygen atoms in total. The summed E-state index contributed by atoms with van der Waals surface area (Å²) in [6.45, 7) is 4.14. The first-order chi connectivity index (χ1) is 13.0. The van der Waals surface area contributed by atoms with E-state index in [0.29, 0.717) is 11.4 Å². The van der Waals surface area contributed by atoms with Crippen molar-refractivity contribution in [3.63, 3.8) is 0 Å². The summed E-state index contributed by atoms with van der Waals surface area (Å²) in [7, 11) is -3.27. The lowest BCUT2D eigenvalue weighted by Gasteiger charge is -2.17. The van der Waals surface area contributed by atoms with Crippen LogP contribution < -0.4 is 0 Å². The van der Waals surface area contributed by atoms with Crippen LogP contribution in [0.25, 0.3) is 11.1 Å². The Morgan fingerprint density at radius 2 is 2.11 bits per heavy atom. The number of aryl methyl sites for hydroxylation is 1. The average molecular weight is 398 g/mol. The molecule has 2 aliphatic heterocycles. The van der Waals surface area contributed by atoms with Crippen molar-refractivity contribution in [3.05, 3.63) is 64.4 Å². The average Bonchev–Trinajstić information content (AvgIpc) is 3.33. The second-order valence-corrected chi connectivity index (χ2v) is 10.3. The molecule has 0 bridgehead atoms. The molecule has 2 atom stereocenters. The largest absolute Gasteiger partial charge is 0.296 e. The molecule has 138 valence electrons. The Bertz CT molecular complexity index is 1110. The van der Waals surface area contributed by atoms with E-state index in [1.54, 1.807) is 23.6 Å². The minimum absolute atomic E-state index is 0.0369. The molecule has 2 aromatic heterocycles. The highest BCUT2D eigenvalue weighted by molar-refractivity contribution is 7.92. The van der Waals surface area contributed by atoms with E-state index >= 15 is 0 Å². The number of thiazole rings is 1. The standard InChI is InChI=1S/C20H19N3O2S2/c1-13-18(26-12-22-13)10-23-9-17-16-7-14(15-3-2-6-21-8-15)4-5-19(16)27(24,25)20(17)11-23/h2-8,12,17,20H,9-11H2,1H3/t17-,20+/m1/s1. The summed E-state index contributed by atoms with van der Waals surface area (Å²) in [5.74, 6) is 0.0369. The number of fused-ring (bicyclic) bond motifs is 3. The van der Waals surface area contributed by atoms with Crippen molar-refractivity contribution in [1.82, 2.24) is 14.9 Å². The van der Waals surface area contributed by atoms with E-state index in [2.05, 4.69) is 20.9 Å². The lowest BCUT2D eigenvalue weighted by Crippen LogP contribution is -2.25. The molecule has 3 aromatic rings. The van der Waals surface area contributed by atoms with Gasteiger partial charge in [-0.25, -0.2) is 13.4 Å². The molecule has 4 heterocycles. The number of rotatable bonds is 3. The van der Waals surface area contributed by atoms with Gasteiger partial charge in [-0.1, -0.05) is 12.1 Å². The number of pyridine rings is 1. The van der Waals surface area contributed by atoms with Crippen LogP contribution in [0.15, 0.2) is 53.1 Å². The Morgan fingerprint density at radius 3 is 2.85 bits per heavy atom. The smallest absolute Gasteiger partial charge is 0.183 e. The zero-order valence-corrected chi connectivity index (χ0v) is 16.5. The van der Waals surface area contributed by atoms with Gasteiger partial charge in [0, 0.05) is 42.8 Å². The quantitative estimate of drug-likeness (QED) is 0.679. The minimum atomic E-state index is -3.27. The van der Waals surface area contributed by atoms with E-state index < -0.39 is 9.84 Å². The van der Waals surface area contributed by atoms with Gasteiger partial charge in [-0.3, -0.25) is 9.88 Å². The normalized spacial score (nSPS) is 23.3. The number of nitrogens with zero attached hydrogens (tertiary/aromatic N) is 3. The number of hydrogen-bond donors (Lipinski definition) is 0. The van der Waals surface area contributed by atoms with Crippen molar-refractivity contribution in [2.24, 2.45) is 0 Å². The first-order valence-electron chi connectivity index (χ1n) is 8.93. The van der Waals surface area contributed by atoms with Gasteiger partial charge >= 0.3 is 0 Å². The molecule has 1 aromatic carbocycles. The fourth-order valence-corrected chi connectivity index (χ4v) is 7.26. The highest BCUT2D eigenvalue weighted by atomic mass is 32.2. The third-order valence-electron chi connectivity index (χ3n) is 5.66. The molecular weight excluding hydrogens is 378 g/mol. The summed E-state index contributed by atoms with van der Waals surface area (Å²) in [4.78, 5) is 12.5. The fourth-order valence-electron chi connectivity index (χ4n) is 4.25. The maximum absolute atomic E-state index is 13.1. The molecule has 1 fully saturated rings. The molecule has 0 saturated carbocycles. The van der Waals surface area contributed by atoms with E-state index in [1.165, 1.54) is 4.88 Å². The van der Waals surface area contributed by atoms with E-state index in [0.717, 1.165) is 35.5 Å². The van der Waals surface area contributed by atoms with Crippen LogP contribution in [0.4, 0.5) is 0 Å². The van der Waals surface area contributed by atoms with Gasteiger partial charge in [0.15, 0.2) is 9.84 Å². The molecular formula is C20H19N3O2S2. The Hall–Kier alpha value is -2.09. The van der Waals surface area contributed by atoms with Crippen LogP contribution in [0.3, 0.4) is 0 Å². The molecule has 0 radical (unpaired) electrons. The van der Waals surface area contributed by atoms with Gasteiger partial charge in [0.2, 0.25) is 0 Å². The van der Waals surface area contributed by atoms with E-state index in [4.69, 9.17) is 0 Å². The number of sulfone groups is 1. The van der Waals surface area contributed by atoms with Crippen molar-refractivity contribution >= 4 is 21.2 Å². The molecule has 0 amide bonds. The van der Waals surface area contributed by atoms with Crippen molar-refractivity contribution in [3.8, 4) is 11.1 Å². The monoisotopic (exact) mass is 397 g/mol. The summed E-state index contributed by atoms with van der Waals surface area (Å²) >= 11 is 1.64. The van der Waals surface area contributed by atoms with Crippen LogP contribution in [-0.4, -0.2) is 41.6 Å². The highest BCUT2D eigenvalue weighted by Gasteiger charge is 2.50. The van der Waals surface area contributed by atoms with Crippen molar-refractivity contribution in [2.75, 3.05) is 13.1 Å². The van der Waals surface area contributed by atoms with Crippen LogP contribution in [0, 0.1) is 6.92 Å². The maximum Gasteiger partial charge on any atom is 0.183 e. The Labute approximate surface area is 162 Å². The van der Waals surface area contributed by atoms with E-state index in [9.17, 15) is 8.42 Å². The summed E-state index contributed by atoms with van der Waals surface area (Å²) in [6.07, 6.45) is 3.56. The highest BCUT2D eigenvalue weighted by Crippen LogP contribution is 2.46. The van der Waals surface area contributed by atoms with Gasteiger partial charge in [0.05, 0.1) is 21.3 Å². The SMILES string of the molecule is Cc1ncsc1CN1C[C@@H]2c3cc(-c4cccnc4)ccc3S(=O)(=O)[C@H]2C1. The predicted molar refractivity (Wildman–Crippen MR) is 106 cm³/mol. The molecule has 0 unspecified atom stereocenters. The number of hydrogen-bond acceptors (Lipinski definition) is 6. The van der Waals surface area contributed by atoms with Gasteiger partial charge in [-0.2, -0.15) is 0 Å². The number of likely N-dealkylation sites (tertiary alicyclic amines) is 1. The second-order valence-electron chi connectivity index (χ2n) is 7.24. The molecule has 2 aliphatic rings. The summed E-state index contributed by atoms with van der Waals surface area (Å²) in [6, 6.07) is 9.63. The van der Waals surface area contributed by atoms with Gasteiger partial charge in [0.1, 0.15) is 0 Å². The van der Waals surface area contributed by atoms with Gasteiger partial charge in [-0.05, 0) is 41.8 Å². The summed E-state index contributed by atoms with van der Waals surface area (Å²) in [5.41, 5.74) is 5.89. The van der Waals surface area contributed by atoms with Crippen LogP contribution in [0.2, 0.25) is 0 Å². The third kappa shape index (κ3) is 2.72. The zero-order valence-electron chi connectivity index (χ0n) is 14.9. The van der Waals surface area contributed by atoms with Gasteiger partial charge in [-0.15, -0.1) is 11.3 Å². The zero-order chi connectivity index (χ0) is 18.6. The Kier molecular flexibility index (Phi) is 3.93. The van der Waals surface area contributed by atoms with Crippen LogP contribution >= 0.6 is 11.3 Å². The lowest BCUT2D eigenvalue weighted by atomic mass is 9.95. The molecule has 1 saturated heterocycles. The summed E-state index contributed by atoms with van der Waals surface area (Å²) in [5, 5.41) is -0.343. The van der Waals surface area contributed by atoms with Gasteiger partial charge < -0.3 is 0 Å². The lowest BCUT2D eigenvalue weighted by molar-refractivity contribution is 0.327.